The van der Waals surface area contributed by atoms with Gasteiger partial charge in [0, 0.05) is 30.1 Å². The number of esters is 1. The van der Waals surface area contributed by atoms with Crippen LogP contribution in [0.15, 0.2) is 56.1 Å². The van der Waals surface area contributed by atoms with Crippen molar-refractivity contribution >= 4 is 33.9 Å². The molecule has 0 aliphatic carbocycles. The number of piperidine rings is 1. The fourth-order valence-corrected chi connectivity index (χ4v) is 4.47. The van der Waals surface area contributed by atoms with Gasteiger partial charge < -0.3 is 18.5 Å². The molecule has 2 aromatic heterocycles. The van der Waals surface area contributed by atoms with Gasteiger partial charge in [0.1, 0.15) is 5.58 Å². The second-order valence-electron chi connectivity index (χ2n) is 7.99. The molecule has 0 radical (unpaired) electrons. The Bertz CT molecular complexity index is 1400. The highest BCUT2D eigenvalue weighted by Crippen LogP contribution is 2.30. The van der Waals surface area contributed by atoms with Crippen LogP contribution in [0, 0.1) is 6.92 Å². The van der Waals surface area contributed by atoms with Crippen molar-refractivity contribution in [1.29, 1.82) is 0 Å². The summed E-state index contributed by atoms with van der Waals surface area (Å²) in [5.41, 5.74) is 2.85. The largest absolute Gasteiger partial charge is 0.465 e. The monoisotopic (exact) mass is 434 g/mol. The normalized spacial score (nSPS) is 14.9. The van der Waals surface area contributed by atoms with Crippen molar-refractivity contribution in [1.82, 2.24) is 9.47 Å². The maximum Gasteiger partial charge on any atom is 0.420 e. The van der Waals surface area contributed by atoms with E-state index in [4.69, 9.17) is 13.6 Å². The van der Waals surface area contributed by atoms with E-state index in [1.165, 1.54) is 7.11 Å². The zero-order chi connectivity index (χ0) is 22.4. The number of benzene rings is 2. The van der Waals surface area contributed by atoms with Gasteiger partial charge in [0.05, 0.1) is 18.2 Å². The topological polar surface area (TPSA) is 94.9 Å². The van der Waals surface area contributed by atoms with Gasteiger partial charge >= 0.3 is 11.7 Å². The van der Waals surface area contributed by atoms with Crippen molar-refractivity contribution in [3.8, 4) is 0 Å². The van der Waals surface area contributed by atoms with Crippen LogP contribution in [0.4, 0.5) is 0 Å². The Morgan fingerprint density at radius 1 is 1.03 bits per heavy atom. The number of likely N-dealkylation sites (tertiary alicyclic amines) is 1. The molecule has 1 aliphatic rings. The van der Waals surface area contributed by atoms with Gasteiger partial charge in [0.2, 0.25) is 0 Å². The molecule has 0 N–H and O–H groups in total. The number of furan rings is 1. The fourth-order valence-electron chi connectivity index (χ4n) is 4.47. The average Bonchev–Trinajstić information content (AvgIpc) is 3.34. The van der Waals surface area contributed by atoms with E-state index in [1.807, 2.05) is 31.2 Å². The quantitative estimate of drug-likeness (QED) is 0.454. The summed E-state index contributed by atoms with van der Waals surface area (Å²) in [4.78, 5) is 39.3. The zero-order valence-electron chi connectivity index (χ0n) is 17.8. The van der Waals surface area contributed by atoms with Gasteiger partial charge in [-0.25, -0.2) is 9.59 Å². The van der Waals surface area contributed by atoms with Crippen LogP contribution in [-0.4, -0.2) is 41.5 Å². The molecule has 3 heterocycles. The average molecular weight is 434 g/mol. The molecule has 5 rings (SSSR count). The Labute approximate surface area is 183 Å². The van der Waals surface area contributed by atoms with Crippen LogP contribution in [-0.2, 0) is 4.74 Å². The van der Waals surface area contributed by atoms with Crippen LogP contribution < -0.4 is 5.76 Å². The Morgan fingerprint density at radius 2 is 1.78 bits per heavy atom. The maximum absolute atomic E-state index is 13.1. The third kappa shape index (κ3) is 3.19. The van der Waals surface area contributed by atoms with Crippen molar-refractivity contribution in [3.05, 3.63) is 69.9 Å². The minimum absolute atomic E-state index is 0.141. The number of nitrogens with zero attached hydrogens (tertiary/aromatic N) is 2. The van der Waals surface area contributed by atoms with E-state index in [2.05, 4.69) is 0 Å². The van der Waals surface area contributed by atoms with Crippen LogP contribution in [0.2, 0.25) is 0 Å². The van der Waals surface area contributed by atoms with Crippen molar-refractivity contribution in [2.75, 3.05) is 20.2 Å². The second-order valence-corrected chi connectivity index (χ2v) is 7.99. The predicted molar refractivity (Wildman–Crippen MR) is 117 cm³/mol. The minimum Gasteiger partial charge on any atom is -0.465 e. The molecule has 1 amide bonds. The number of aromatic nitrogens is 1. The highest BCUT2D eigenvalue weighted by molar-refractivity contribution is 5.99. The second kappa shape index (κ2) is 7.71. The summed E-state index contributed by atoms with van der Waals surface area (Å²) in [6.07, 6.45) is 1.17. The number of methoxy groups -OCH3 is 1. The number of oxazole rings is 1. The van der Waals surface area contributed by atoms with Gasteiger partial charge in [-0.15, -0.1) is 0 Å². The van der Waals surface area contributed by atoms with E-state index >= 15 is 0 Å². The summed E-state index contributed by atoms with van der Waals surface area (Å²) in [5.74, 6) is -0.735. The number of carbonyl (C=O) groups is 2. The summed E-state index contributed by atoms with van der Waals surface area (Å²) >= 11 is 0. The first-order valence-corrected chi connectivity index (χ1v) is 10.5. The van der Waals surface area contributed by atoms with E-state index in [0.29, 0.717) is 53.9 Å². The molecule has 32 heavy (non-hydrogen) atoms. The first-order chi connectivity index (χ1) is 15.5. The molecule has 2 aromatic carbocycles. The lowest BCUT2D eigenvalue weighted by Gasteiger charge is -2.31. The number of aryl methyl sites for hydroxylation is 1. The third-order valence-corrected chi connectivity index (χ3v) is 6.19. The number of fused-ring (bicyclic) bond motifs is 2. The molecular formula is C24H22N2O6. The SMILES string of the molecule is COC(=O)c1ccc2oc(=O)n(C3CCN(C(=O)c4oc5ccccc5c4C)CC3)c2c1. The molecule has 164 valence electrons. The van der Waals surface area contributed by atoms with Gasteiger partial charge in [0.25, 0.3) is 5.91 Å². The first-order valence-electron chi connectivity index (χ1n) is 10.5. The smallest absolute Gasteiger partial charge is 0.420 e. The van der Waals surface area contributed by atoms with Crippen molar-refractivity contribution in [2.45, 2.75) is 25.8 Å². The Kier molecular flexibility index (Phi) is 4.84. The number of carbonyl (C=O) groups excluding carboxylic acids is 2. The summed E-state index contributed by atoms with van der Waals surface area (Å²) in [6, 6.07) is 12.2. The number of amides is 1. The van der Waals surface area contributed by atoms with E-state index < -0.39 is 11.7 Å². The van der Waals surface area contributed by atoms with E-state index in [1.54, 1.807) is 27.7 Å². The van der Waals surface area contributed by atoms with Crippen LogP contribution in [0.5, 0.6) is 0 Å². The van der Waals surface area contributed by atoms with Crippen LogP contribution in [0.25, 0.3) is 22.1 Å². The number of ether oxygens (including phenoxy) is 1. The molecule has 0 atom stereocenters. The van der Waals surface area contributed by atoms with Crippen LogP contribution in [0.3, 0.4) is 0 Å². The highest BCUT2D eigenvalue weighted by Gasteiger charge is 2.30. The highest BCUT2D eigenvalue weighted by atomic mass is 16.5. The summed E-state index contributed by atoms with van der Waals surface area (Å²) in [7, 11) is 1.31. The zero-order valence-corrected chi connectivity index (χ0v) is 17.8. The lowest BCUT2D eigenvalue weighted by Crippen LogP contribution is -2.40. The van der Waals surface area contributed by atoms with Crippen molar-refractivity contribution < 1.29 is 23.2 Å². The van der Waals surface area contributed by atoms with Gasteiger partial charge in [-0.1, -0.05) is 18.2 Å². The summed E-state index contributed by atoms with van der Waals surface area (Å²) in [5, 5.41) is 0.934. The molecule has 8 nitrogen and oxygen atoms in total. The molecule has 1 saturated heterocycles. The first kappa shape index (κ1) is 20.1. The minimum atomic E-state index is -0.478. The molecule has 0 unspecified atom stereocenters. The predicted octanol–water partition coefficient (Wildman–Crippen LogP) is 3.91. The van der Waals surface area contributed by atoms with E-state index in [0.717, 1.165) is 10.9 Å². The third-order valence-electron chi connectivity index (χ3n) is 6.19. The van der Waals surface area contributed by atoms with Crippen LogP contribution in [0.1, 0.15) is 45.4 Å². The van der Waals surface area contributed by atoms with Gasteiger partial charge in [-0.05, 0) is 44.0 Å². The molecule has 0 saturated carbocycles. The molecule has 1 fully saturated rings. The molecular weight excluding hydrogens is 412 g/mol. The van der Waals surface area contributed by atoms with Crippen LogP contribution >= 0.6 is 0 Å². The molecule has 0 bridgehead atoms. The molecule has 0 spiro atoms. The summed E-state index contributed by atoms with van der Waals surface area (Å²) < 4.78 is 17.6. The number of hydrogen-bond donors (Lipinski definition) is 0. The van der Waals surface area contributed by atoms with Gasteiger partial charge in [0.15, 0.2) is 11.3 Å². The number of rotatable bonds is 3. The Hall–Kier alpha value is -3.81. The van der Waals surface area contributed by atoms with Crippen molar-refractivity contribution in [3.63, 3.8) is 0 Å². The van der Waals surface area contributed by atoms with Gasteiger partial charge in [-0.2, -0.15) is 0 Å². The lowest BCUT2D eigenvalue weighted by atomic mass is 10.0. The lowest BCUT2D eigenvalue weighted by molar-refractivity contribution is 0.0599. The van der Waals surface area contributed by atoms with Crippen molar-refractivity contribution in [2.24, 2.45) is 0 Å². The standard InChI is InChI=1S/C24H22N2O6/c1-14-17-5-3-4-6-19(17)31-21(14)22(27)25-11-9-16(10-12-25)26-18-13-15(23(28)30-2)7-8-20(18)32-24(26)29/h3-8,13,16H,9-12H2,1-2H3. The number of hydrogen-bond acceptors (Lipinski definition) is 6. The van der Waals surface area contributed by atoms with E-state index in [-0.39, 0.29) is 11.9 Å². The summed E-state index contributed by atoms with van der Waals surface area (Å²) in [6.45, 7) is 2.85. The van der Waals surface area contributed by atoms with Gasteiger partial charge in [-0.3, -0.25) is 9.36 Å². The maximum atomic E-state index is 13.1. The Morgan fingerprint density at radius 3 is 2.50 bits per heavy atom. The number of para-hydroxylation sites is 1. The molecule has 8 heteroatoms. The molecule has 1 aliphatic heterocycles. The Balaban J connectivity index is 1.38. The van der Waals surface area contributed by atoms with E-state index in [9.17, 15) is 14.4 Å². The molecule has 4 aromatic rings. The fraction of sp³-hybridized carbons (Fsp3) is 0.292.